The van der Waals surface area contributed by atoms with E-state index in [1.807, 2.05) is 0 Å². The van der Waals surface area contributed by atoms with E-state index in [9.17, 15) is 21.2 Å². The summed E-state index contributed by atoms with van der Waals surface area (Å²) in [5, 5.41) is 3.87. The SMILES string of the molecule is CS(=O)(=O)c1ccc(Cl)c(S(=O)(=O)N2CCCC(c3nc(-c4ccc(F)cc4)no3)C2)c1. The molecule has 1 aliphatic heterocycles. The Morgan fingerprint density at radius 3 is 2.53 bits per heavy atom. The summed E-state index contributed by atoms with van der Waals surface area (Å²) >= 11 is 6.12. The maximum Gasteiger partial charge on any atom is 0.244 e. The van der Waals surface area contributed by atoms with Gasteiger partial charge in [0.15, 0.2) is 9.84 Å². The Morgan fingerprint density at radius 2 is 1.84 bits per heavy atom. The zero-order chi connectivity index (χ0) is 23.1. The van der Waals surface area contributed by atoms with Crippen molar-refractivity contribution in [3.05, 3.63) is 59.2 Å². The number of benzene rings is 2. The molecule has 12 heteroatoms. The van der Waals surface area contributed by atoms with Gasteiger partial charge >= 0.3 is 0 Å². The van der Waals surface area contributed by atoms with Crippen molar-refractivity contribution >= 4 is 31.5 Å². The van der Waals surface area contributed by atoms with Gasteiger partial charge in [-0.3, -0.25) is 0 Å². The molecule has 1 unspecified atom stereocenters. The number of sulfone groups is 1. The summed E-state index contributed by atoms with van der Waals surface area (Å²) in [6, 6.07) is 9.24. The first-order valence-corrected chi connectivity index (χ1v) is 13.4. The predicted molar refractivity (Wildman–Crippen MR) is 115 cm³/mol. The highest BCUT2D eigenvalue weighted by molar-refractivity contribution is 7.91. The van der Waals surface area contributed by atoms with Gasteiger partial charge in [0.05, 0.1) is 15.8 Å². The maximum atomic E-state index is 13.3. The van der Waals surface area contributed by atoms with Gasteiger partial charge < -0.3 is 4.52 Å². The maximum absolute atomic E-state index is 13.3. The number of hydrogen-bond acceptors (Lipinski definition) is 7. The zero-order valence-electron chi connectivity index (χ0n) is 16.9. The molecule has 0 bridgehead atoms. The molecule has 32 heavy (non-hydrogen) atoms. The largest absolute Gasteiger partial charge is 0.339 e. The van der Waals surface area contributed by atoms with Crippen molar-refractivity contribution in [2.75, 3.05) is 19.3 Å². The van der Waals surface area contributed by atoms with Crippen LogP contribution in [0.1, 0.15) is 24.7 Å². The molecule has 3 aromatic rings. The molecule has 4 rings (SSSR count). The van der Waals surface area contributed by atoms with Crippen molar-refractivity contribution < 1.29 is 25.7 Å². The highest BCUT2D eigenvalue weighted by Crippen LogP contribution is 2.33. The standard InChI is InChI=1S/C20H19ClFN3O5S2/c1-31(26,27)16-8-9-17(21)18(11-16)32(28,29)25-10-2-3-14(12-25)20-23-19(24-30-20)13-4-6-15(22)7-5-13/h4-9,11,14H,2-3,10,12H2,1H3. The van der Waals surface area contributed by atoms with Crippen molar-refractivity contribution in [3.8, 4) is 11.4 Å². The van der Waals surface area contributed by atoms with Crippen molar-refractivity contribution in [3.63, 3.8) is 0 Å². The van der Waals surface area contributed by atoms with Crippen molar-refractivity contribution in [2.45, 2.75) is 28.6 Å². The van der Waals surface area contributed by atoms with Crippen molar-refractivity contribution in [1.29, 1.82) is 0 Å². The van der Waals surface area contributed by atoms with Crippen molar-refractivity contribution in [2.24, 2.45) is 0 Å². The lowest BCUT2D eigenvalue weighted by Gasteiger charge is -2.30. The molecule has 1 atom stereocenters. The molecule has 170 valence electrons. The van der Waals surface area contributed by atoms with Crippen LogP contribution in [0.15, 0.2) is 56.8 Å². The third kappa shape index (κ3) is 4.56. The van der Waals surface area contributed by atoms with Crippen LogP contribution in [0.5, 0.6) is 0 Å². The van der Waals surface area contributed by atoms with Crippen LogP contribution in [-0.2, 0) is 19.9 Å². The molecular weight excluding hydrogens is 481 g/mol. The normalized spacial score (nSPS) is 18.0. The minimum Gasteiger partial charge on any atom is -0.339 e. The third-order valence-corrected chi connectivity index (χ3v) is 8.68. The van der Waals surface area contributed by atoms with Crippen LogP contribution >= 0.6 is 11.6 Å². The Kier molecular flexibility index (Phi) is 6.10. The minimum atomic E-state index is -4.06. The summed E-state index contributed by atoms with van der Waals surface area (Å²) in [6.07, 6.45) is 2.17. The summed E-state index contributed by atoms with van der Waals surface area (Å²) in [6.45, 7) is 0.323. The van der Waals surface area contributed by atoms with E-state index >= 15 is 0 Å². The summed E-state index contributed by atoms with van der Waals surface area (Å²) in [7, 11) is -7.67. The predicted octanol–water partition coefficient (Wildman–Crippen LogP) is 3.50. The average molecular weight is 500 g/mol. The highest BCUT2D eigenvalue weighted by atomic mass is 35.5. The zero-order valence-corrected chi connectivity index (χ0v) is 19.3. The van der Waals surface area contributed by atoms with E-state index in [1.165, 1.54) is 40.7 Å². The van der Waals surface area contributed by atoms with Crippen LogP contribution in [0, 0.1) is 5.82 Å². The van der Waals surface area contributed by atoms with Gasteiger partial charge in [0.2, 0.25) is 21.7 Å². The second kappa shape index (κ2) is 8.54. The van der Waals surface area contributed by atoms with E-state index in [0.29, 0.717) is 18.4 Å². The lowest BCUT2D eigenvalue weighted by molar-refractivity contribution is 0.265. The third-order valence-electron chi connectivity index (χ3n) is 5.23. The number of hydrogen-bond donors (Lipinski definition) is 0. The number of nitrogens with zero attached hydrogens (tertiary/aromatic N) is 3. The number of rotatable bonds is 5. The first-order valence-electron chi connectivity index (χ1n) is 9.65. The van der Waals surface area contributed by atoms with Gasteiger partial charge in [-0.15, -0.1) is 0 Å². The van der Waals surface area contributed by atoms with Crippen molar-refractivity contribution in [1.82, 2.24) is 14.4 Å². The molecular formula is C20H19ClFN3O5S2. The van der Waals surface area contributed by atoms with Crippen LogP contribution in [-0.4, -0.2) is 50.6 Å². The lowest BCUT2D eigenvalue weighted by atomic mass is 10.00. The topological polar surface area (TPSA) is 110 Å². The van der Waals surface area contributed by atoms with Crippen LogP contribution in [0.3, 0.4) is 0 Å². The van der Waals surface area contributed by atoms with Crippen LogP contribution < -0.4 is 0 Å². The fourth-order valence-corrected chi connectivity index (χ4v) is 6.28. The Bertz CT molecular complexity index is 1360. The van der Waals surface area contributed by atoms with Gasteiger partial charge in [0.1, 0.15) is 10.7 Å². The van der Waals surface area contributed by atoms with E-state index in [4.69, 9.17) is 16.1 Å². The monoisotopic (exact) mass is 499 g/mol. The Balaban J connectivity index is 1.60. The number of sulfonamides is 1. The smallest absolute Gasteiger partial charge is 0.244 e. The Hall–Kier alpha value is -2.34. The van der Waals surface area contributed by atoms with Gasteiger partial charge in [-0.1, -0.05) is 16.8 Å². The van der Waals surface area contributed by atoms with Gasteiger partial charge in [0, 0.05) is 24.9 Å². The fourth-order valence-electron chi connectivity index (χ4n) is 3.53. The van der Waals surface area contributed by atoms with E-state index in [1.54, 1.807) is 0 Å². The quantitative estimate of drug-likeness (QED) is 0.528. The summed E-state index contributed by atoms with van der Waals surface area (Å²) in [4.78, 5) is 3.97. The van der Waals surface area contributed by atoms with Gasteiger partial charge in [-0.2, -0.15) is 9.29 Å². The molecule has 8 nitrogen and oxygen atoms in total. The van der Waals surface area contributed by atoms with E-state index in [-0.39, 0.29) is 51.4 Å². The van der Waals surface area contributed by atoms with Gasteiger partial charge in [-0.25, -0.2) is 21.2 Å². The van der Waals surface area contributed by atoms with Crippen LogP contribution in [0.4, 0.5) is 4.39 Å². The number of piperidine rings is 1. The van der Waals surface area contributed by atoms with Gasteiger partial charge in [0.25, 0.3) is 0 Å². The fraction of sp³-hybridized carbons (Fsp3) is 0.300. The van der Waals surface area contributed by atoms with E-state index in [0.717, 1.165) is 12.3 Å². The molecule has 0 N–H and O–H groups in total. The van der Waals surface area contributed by atoms with Gasteiger partial charge in [-0.05, 0) is 55.3 Å². The average Bonchev–Trinajstić information content (AvgIpc) is 3.24. The molecule has 1 aromatic heterocycles. The van der Waals surface area contributed by atoms with E-state index in [2.05, 4.69) is 10.1 Å². The molecule has 0 spiro atoms. The Morgan fingerprint density at radius 1 is 1.12 bits per heavy atom. The first-order chi connectivity index (χ1) is 15.1. The molecule has 2 heterocycles. The molecule has 0 aliphatic carbocycles. The summed E-state index contributed by atoms with van der Waals surface area (Å²) < 4.78 is 70.0. The second-order valence-electron chi connectivity index (χ2n) is 7.53. The van der Waals surface area contributed by atoms with E-state index < -0.39 is 19.9 Å². The van der Waals surface area contributed by atoms with Crippen LogP contribution in [0.2, 0.25) is 5.02 Å². The molecule has 1 fully saturated rings. The molecule has 2 aromatic carbocycles. The minimum absolute atomic E-state index is 0.0593. The summed E-state index contributed by atoms with van der Waals surface area (Å²) in [5.74, 6) is -0.176. The molecule has 0 amide bonds. The molecule has 0 saturated carbocycles. The second-order valence-corrected chi connectivity index (χ2v) is 11.9. The van der Waals surface area contributed by atoms with Crippen LogP contribution in [0.25, 0.3) is 11.4 Å². The Labute approximate surface area is 190 Å². The molecule has 1 saturated heterocycles. The lowest BCUT2D eigenvalue weighted by Crippen LogP contribution is -2.39. The molecule has 0 radical (unpaired) electrons. The number of halogens is 2. The molecule has 1 aliphatic rings. The summed E-state index contributed by atoms with van der Waals surface area (Å²) in [5.41, 5.74) is 0.575. The first kappa shape index (κ1) is 22.8. The number of aromatic nitrogens is 2. The highest BCUT2D eigenvalue weighted by Gasteiger charge is 2.35.